The highest BCUT2D eigenvalue weighted by Crippen LogP contribution is 2.35. The number of hydrogen-bond donors (Lipinski definition) is 3. The van der Waals surface area contributed by atoms with Crippen molar-refractivity contribution in [2.75, 3.05) is 33.4 Å². The van der Waals surface area contributed by atoms with Crippen LogP contribution in [0.5, 0.6) is 5.75 Å². The molecule has 6 nitrogen and oxygen atoms in total. The maximum Gasteiger partial charge on any atom is 0.119 e. The smallest absolute Gasteiger partial charge is 0.119 e. The number of ether oxygens (including phenoxy) is 1. The molecular weight excluding hydrogens is 416 g/mol. The Morgan fingerprint density at radius 2 is 1.97 bits per heavy atom. The molecule has 2 heterocycles. The van der Waals surface area contributed by atoms with Crippen LogP contribution in [0, 0.1) is 11.8 Å². The SMILES string of the molecule is CCCCCCCN1CC[C@@H](CC[C@@H](O)c2ccnc3ccc(OC)cc23)[C@@H]([C@@H](O)CO)C1. The Kier molecular flexibility index (Phi) is 10.4. The Morgan fingerprint density at radius 1 is 1.15 bits per heavy atom. The summed E-state index contributed by atoms with van der Waals surface area (Å²) in [5.74, 6) is 1.08. The van der Waals surface area contributed by atoms with E-state index < -0.39 is 12.2 Å². The van der Waals surface area contributed by atoms with Crippen molar-refractivity contribution in [3.05, 3.63) is 36.0 Å². The molecule has 4 atom stereocenters. The molecule has 1 aliphatic heterocycles. The van der Waals surface area contributed by atoms with Gasteiger partial charge in [0.15, 0.2) is 0 Å². The molecule has 3 rings (SSSR count). The number of piperidine rings is 1. The number of benzene rings is 1. The van der Waals surface area contributed by atoms with Gasteiger partial charge in [0.1, 0.15) is 5.75 Å². The molecule has 0 radical (unpaired) electrons. The zero-order chi connectivity index (χ0) is 23.6. The van der Waals surface area contributed by atoms with Crippen LogP contribution in [-0.4, -0.2) is 64.7 Å². The van der Waals surface area contributed by atoms with Gasteiger partial charge < -0.3 is 25.0 Å². The summed E-state index contributed by atoms with van der Waals surface area (Å²) in [6.07, 6.45) is 9.17. The first-order chi connectivity index (χ1) is 16.1. The molecule has 0 aliphatic carbocycles. The summed E-state index contributed by atoms with van der Waals surface area (Å²) in [4.78, 5) is 6.86. The molecule has 2 aromatic rings. The standard InChI is InChI=1S/C27H42N2O4/c1-3-4-5-6-7-15-29-16-13-20(24(18-29)27(32)19-30)8-11-26(31)22-12-14-28-25-10-9-21(33-2)17-23(22)25/h9-10,12,14,17,20,24,26-27,30-32H,3-8,11,13,15-16,18-19H2,1-2H3/t20-,24+,26-,27+/m1/s1. The highest BCUT2D eigenvalue weighted by atomic mass is 16.5. The second-order valence-electron chi connectivity index (χ2n) is 9.55. The van der Waals surface area contributed by atoms with Gasteiger partial charge in [-0.15, -0.1) is 0 Å². The Bertz CT molecular complexity index is 846. The van der Waals surface area contributed by atoms with Crippen molar-refractivity contribution in [2.24, 2.45) is 11.8 Å². The van der Waals surface area contributed by atoms with Gasteiger partial charge in [0.25, 0.3) is 0 Å². The summed E-state index contributed by atoms with van der Waals surface area (Å²) in [7, 11) is 1.64. The van der Waals surface area contributed by atoms with E-state index in [0.29, 0.717) is 12.3 Å². The lowest BCUT2D eigenvalue weighted by atomic mass is 9.78. The average Bonchev–Trinajstić information content (AvgIpc) is 2.86. The van der Waals surface area contributed by atoms with E-state index in [-0.39, 0.29) is 12.5 Å². The second-order valence-corrected chi connectivity index (χ2v) is 9.55. The summed E-state index contributed by atoms with van der Waals surface area (Å²) < 4.78 is 5.36. The molecule has 6 heteroatoms. The van der Waals surface area contributed by atoms with Crippen molar-refractivity contribution in [3.8, 4) is 5.75 Å². The Balaban J connectivity index is 1.60. The summed E-state index contributed by atoms with van der Waals surface area (Å²) >= 11 is 0. The topological polar surface area (TPSA) is 86.1 Å². The summed E-state index contributed by atoms with van der Waals surface area (Å²) in [5, 5.41) is 32.1. The molecule has 1 saturated heterocycles. The van der Waals surface area contributed by atoms with Crippen molar-refractivity contribution >= 4 is 10.9 Å². The normalized spacial score (nSPS) is 21.2. The van der Waals surface area contributed by atoms with Gasteiger partial charge in [0.2, 0.25) is 0 Å². The molecule has 0 unspecified atom stereocenters. The van der Waals surface area contributed by atoms with Gasteiger partial charge in [-0.1, -0.05) is 32.6 Å². The van der Waals surface area contributed by atoms with Crippen LogP contribution in [-0.2, 0) is 0 Å². The number of nitrogens with zero attached hydrogens (tertiary/aromatic N) is 2. The molecule has 3 N–H and O–H groups in total. The van der Waals surface area contributed by atoms with Crippen LogP contribution in [0.15, 0.2) is 30.5 Å². The highest BCUT2D eigenvalue weighted by molar-refractivity contribution is 5.83. The zero-order valence-corrected chi connectivity index (χ0v) is 20.3. The fraction of sp³-hybridized carbons (Fsp3) is 0.667. The van der Waals surface area contributed by atoms with Crippen molar-refractivity contribution in [2.45, 2.75) is 70.5 Å². The third-order valence-corrected chi connectivity index (χ3v) is 7.30. The van der Waals surface area contributed by atoms with E-state index in [9.17, 15) is 15.3 Å². The molecule has 0 saturated carbocycles. The van der Waals surface area contributed by atoms with Gasteiger partial charge in [-0.2, -0.15) is 0 Å². The van der Waals surface area contributed by atoms with Crippen molar-refractivity contribution in [1.29, 1.82) is 0 Å². The van der Waals surface area contributed by atoms with Crippen LogP contribution in [0.3, 0.4) is 0 Å². The van der Waals surface area contributed by atoms with Crippen LogP contribution < -0.4 is 4.74 Å². The fourth-order valence-corrected chi connectivity index (χ4v) is 5.26. The quantitative estimate of drug-likeness (QED) is 0.388. The molecule has 1 fully saturated rings. The summed E-state index contributed by atoms with van der Waals surface area (Å²) in [5.41, 5.74) is 1.70. The predicted molar refractivity (Wildman–Crippen MR) is 132 cm³/mol. The largest absolute Gasteiger partial charge is 0.497 e. The minimum atomic E-state index is -0.707. The van der Waals surface area contributed by atoms with E-state index in [2.05, 4.69) is 16.8 Å². The fourth-order valence-electron chi connectivity index (χ4n) is 5.26. The van der Waals surface area contributed by atoms with E-state index in [4.69, 9.17) is 4.74 Å². The van der Waals surface area contributed by atoms with Gasteiger partial charge in [0, 0.05) is 24.0 Å². The number of aliphatic hydroxyl groups is 3. The Hall–Kier alpha value is -1.73. The lowest BCUT2D eigenvalue weighted by Crippen LogP contribution is -2.46. The van der Waals surface area contributed by atoms with Gasteiger partial charge >= 0.3 is 0 Å². The number of pyridine rings is 1. The molecule has 0 bridgehead atoms. The zero-order valence-electron chi connectivity index (χ0n) is 20.3. The number of aromatic nitrogens is 1. The van der Waals surface area contributed by atoms with Crippen LogP contribution >= 0.6 is 0 Å². The maximum atomic E-state index is 11.0. The number of unbranched alkanes of at least 4 members (excludes halogenated alkanes) is 4. The molecule has 1 aromatic carbocycles. The minimum absolute atomic E-state index is 0.0425. The summed E-state index contributed by atoms with van der Waals surface area (Å²) in [6, 6.07) is 7.60. The average molecular weight is 459 g/mol. The van der Waals surface area contributed by atoms with E-state index in [1.54, 1.807) is 13.3 Å². The summed E-state index contributed by atoms with van der Waals surface area (Å²) in [6.45, 7) is 4.95. The van der Waals surface area contributed by atoms with Crippen molar-refractivity contribution in [1.82, 2.24) is 9.88 Å². The van der Waals surface area contributed by atoms with Crippen LogP contribution in [0.1, 0.15) is 70.0 Å². The third-order valence-electron chi connectivity index (χ3n) is 7.30. The molecule has 1 aromatic heterocycles. The van der Waals surface area contributed by atoms with Crippen molar-refractivity contribution in [3.63, 3.8) is 0 Å². The number of fused-ring (bicyclic) bond motifs is 1. The maximum absolute atomic E-state index is 11.0. The highest BCUT2D eigenvalue weighted by Gasteiger charge is 2.34. The predicted octanol–water partition coefficient (Wildman–Crippen LogP) is 4.32. The number of likely N-dealkylation sites (tertiary alicyclic amines) is 1. The molecule has 184 valence electrons. The molecule has 0 spiro atoms. The van der Waals surface area contributed by atoms with Crippen molar-refractivity contribution < 1.29 is 20.1 Å². The first-order valence-electron chi connectivity index (χ1n) is 12.7. The second kappa shape index (κ2) is 13.2. The van der Waals surface area contributed by atoms with Gasteiger partial charge in [0.05, 0.1) is 31.4 Å². The first kappa shape index (κ1) is 25.9. The Morgan fingerprint density at radius 3 is 2.73 bits per heavy atom. The van der Waals surface area contributed by atoms with Crippen LogP contribution in [0.4, 0.5) is 0 Å². The van der Waals surface area contributed by atoms with E-state index in [0.717, 1.165) is 54.7 Å². The molecule has 33 heavy (non-hydrogen) atoms. The number of rotatable bonds is 13. The van der Waals surface area contributed by atoms with Crippen LogP contribution in [0.2, 0.25) is 0 Å². The number of methoxy groups -OCH3 is 1. The monoisotopic (exact) mass is 458 g/mol. The van der Waals surface area contributed by atoms with Crippen LogP contribution in [0.25, 0.3) is 10.9 Å². The van der Waals surface area contributed by atoms with Gasteiger partial charge in [-0.25, -0.2) is 0 Å². The lowest BCUT2D eigenvalue weighted by Gasteiger charge is -2.41. The van der Waals surface area contributed by atoms with E-state index in [1.807, 2.05) is 24.3 Å². The lowest BCUT2D eigenvalue weighted by molar-refractivity contribution is -0.0219. The minimum Gasteiger partial charge on any atom is -0.497 e. The van der Waals surface area contributed by atoms with E-state index in [1.165, 1.54) is 32.1 Å². The third kappa shape index (κ3) is 7.12. The van der Waals surface area contributed by atoms with Gasteiger partial charge in [-0.05, 0) is 74.5 Å². The first-order valence-corrected chi connectivity index (χ1v) is 12.7. The molecule has 0 amide bonds. The van der Waals surface area contributed by atoms with Gasteiger partial charge in [-0.3, -0.25) is 4.98 Å². The molecule has 1 aliphatic rings. The number of hydrogen-bond acceptors (Lipinski definition) is 6. The Labute approximate surface area is 198 Å². The number of aliphatic hydroxyl groups excluding tert-OH is 3. The molecular formula is C27H42N2O4. The van der Waals surface area contributed by atoms with E-state index >= 15 is 0 Å².